The molecule has 1 heterocycles. The van der Waals surface area contributed by atoms with Gasteiger partial charge in [-0.25, -0.2) is 13.2 Å². The molecule has 0 aromatic heterocycles. The van der Waals surface area contributed by atoms with Crippen LogP contribution in [-0.4, -0.2) is 29.8 Å². The molecule has 98 valence electrons. The van der Waals surface area contributed by atoms with Crippen molar-refractivity contribution in [3.63, 3.8) is 0 Å². The number of carbonyl (C=O) groups excluding carboxylic acids is 1. The van der Waals surface area contributed by atoms with Crippen LogP contribution in [0.3, 0.4) is 0 Å². The standard InChI is InChI=1S/C12H11BrF3NO/c13-9-2-1-8(5-10(9)14)6-11(18)17-4-3-12(15,16)7-17/h1-2,5H,3-4,6-7H2. The lowest BCUT2D eigenvalue weighted by molar-refractivity contribution is -0.130. The van der Waals surface area contributed by atoms with Crippen LogP contribution in [0, 0.1) is 5.82 Å². The number of nitrogens with zero attached hydrogens (tertiary/aromatic N) is 1. The predicted molar refractivity (Wildman–Crippen MR) is 63.9 cm³/mol. The number of amides is 1. The molecule has 1 aliphatic rings. The van der Waals surface area contributed by atoms with E-state index in [9.17, 15) is 18.0 Å². The smallest absolute Gasteiger partial charge is 0.267 e. The Morgan fingerprint density at radius 2 is 2.17 bits per heavy atom. The number of carbonyl (C=O) groups is 1. The highest BCUT2D eigenvalue weighted by molar-refractivity contribution is 9.10. The fourth-order valence-corrected chi connectivity index (χ4v) is 2.13. The summed E-state index contributed by atoms with van der Waals surface area (Å²) in [4.78, 5) is 12.9. The van der Waals surface area contributed by atoms with E-state index in [1.807, 2.05) is 0 Å². The molecule has 0 saturated carbocycles. The van der Waals surface area contributed by atoms with Crippen LogP contribution in [0.15, 0.2) is 22.7 Å². The van der Waals surface area contributed by atoms with Crippen LogP contribution < -0.4 is 0 Å². The van der Waals surface area contributed by atoms with Gasteiger partial charge in [0.05, 0.1) is 17.4 Å². The molecule has 2 rings (SSSR count). The van der Waals surface area contributed by atoms with Crippen molar-refractivity contribution in [3.05, 3.63) is 34.1 Å². The first-order chi connectivity index (χ1) is 8.37. The van der Waals surface area contributed by atoms with E-state index in [1.165, 1.54) is 12.1 Å². The number of halogens is 4. The molecule has 0 N–H and O–H groups in total. The lowest BCUT2D eigenvalue weighted by atomic mass is 10.1. The van der Waals surface area contributed by atoms with Gasteiger partial charge in [0.15, 0.2) is 0 Å². The lowest BCUT2D eigenvalue weighted by Crippen LogP contribution is -2.32. The summed E-state index contributed by atoms with van der Waals surface area (Å²) in [6.45, 7) is -0.477. The molecule has 1 fully saturated rings. The highest BCUT2D eigenvalue weighted by Crippen LogP contribution is 2.27. The monoisotopic (exact) mass is 321 g/mol. The van der Waals surface area contributed by atoms with Crippen molar-refractivity contribution in [2.45, 2.75) is 18.8 Å². The van der Waals surface area contributed by atoms with Crippen LogP contribution in [0.1, 0.15) is 12.0 Å². The zero-order valence-corrected chi connectivity index (χ0v) is 11.0. The quantitative estimate of drug-likeness (QED) is 0.820. The summed E-state index contributed by atoms with van der Waals surface area (Å²) < 4.78 is 39.5. The molecule has 1 amide bonds. The number of alkyl halides is 2. The first kappa shape index (κ1) is 13.4. The van der Waals surface area contributed by atoms with Crippen molar-refractivity contribution in [1.82, 2.24) is 4.90 Å². The molecule has 0 unspecified atom stereocenters. The molecule has 1 saturated heterocycles. The van der Waals surface area contributed by atoms with Gasteiger partial charge in [0.25, 0.3) is 5.92 Å². The van der Waals surface area contributed by atoms with E-state index >= 15 is 0 Å². The van der Waals surface area contributed by atoms with E-state index in [-0.39, 0.29) is 19.4 Å². The fraction of sp³-hybridized carbons (Fsp3) is 0.417. The number of hydrogen-bond acceptors (Lipinski definition) is 1. The van der Waals surface area contributed by atoms with Crippen molar-refractivity contribution < 1.29 is 18.0 Å². The SMILES string of the molecule is O=C(Cc1ccc(Br)c(F)c1)N1CCC(F)(F)C1. The van der Waals surface area contributed by atoms with Crippen LogP contribution in [0.4, 0.5) is 13.2 Å². The Hall–Kier alpha value is -1.04. The average molecular weight is 322 g/mol. The summed E-state index contributed by atoms with van der Waals surface area (Å²) in [5.74, 6) is -3.65. The minimum Gasteiger partial charge on any atom is -0.336 e. The molecule has 1 aliphatic heterocycles. The van der Waals surface area contributed by atoms with E-state index in [0.717, 1.165) is 4.90 Å². The zero-order chi connectivity index (χ0) is 13.3. The second-order valence-electron chi connectivity index (χ2n) is 4.35. The zero-order valence-electron chi connectivity index (χ0n) is 9.43. The molecular formula is C12H11BrF3NO. The van der Waals surface area contributed by atoms with Gasteiger partial charge in [-0.3, -0.25) is 4.79 Å². The molecule has 0 radical (unpaired) electrons. The third kappa shape index (κ3) is 3.04. The molecule has 2 nitrogen and oxygen atoms in total. The van der Waals surface area contributed by atoms with Gasteiger partial charge >= 0.3 is 0 Å². The Labute approximate surface area is 111 Å². The summed E-state index contributed by atoms with van der Waals surface area (Å²) in [6, 6.07) is 4.33. The summed E-state index contributed by atoms with van der Waals surface area (Å²) in [6.07, 6.45) is -0.353. The Balaban J connectivity index is 2.01. The van der Waals surface area contributed by atoms with Gasteiger partial charge in [-0.2, -0.15) is 0 Å². The Morgan fingerprint density at radius 1 is 1.44 bits per heavy atom. The van der Waals surface area contributed by atoms with Crippen LogP contribution in [0.25, 0.3) is 0 Å². The largest absolute Gasteiger partial charge is 0.336 e. The predicted octanol–water partition coefficient (Wildman–Crippen LogP) is 3.00. The van der Waals surface area contributed by atoms with Crippen molar-refractivity contribution in [1.29, 1.82) is 0 Å². The van der Waals surface area contributed by atoms with Crippen molar-refractivity contribution >= 4 is 21.8 Å². The normalized spacial score (nSPS) is 18.1. The van der Waals surface area contributed by atoms with Gasteiger partial charge < -0.3 is 4.90 Å². The molecular weight excluding hydrogens is 311 g/mol. The number of likely N-dealkylation sites (tertiary alicyclic amines) is 1. The van der Waals surface area contributed by atoms with Crippen molar-refractivity contribution in [3.8, 4) is 0 Å². The summed E-state index contributed by atoms with van der Waals surface area (Å²) in [5, 5.41) is 0. The van der Waals surface area contributed by atoms with Crippen LogP contribution in [-0.2, 0) is 11.2 Å². The second kappa shape index (κ2) is 4.91. The number of rotatable bonds is 2. The molecule has 0 aliphatic carbocycles. The second-order valence-corrected chi connectivity index (χ2v) is 5.20. The Morgan fingerprint density at radius 3 is 2.72 bits per heavy atom. The van der Waals surface area contributed by atoms with Crippen molar-refractivity contribution in [2.75, 3.05) is 13.1 Å². The maximum atomic E-state index is 13.2. The topological polar surface area (TPSA) is 20.3 Å². The molecule has 6 heteroatoms. The third-order valence-electron chi connectivity index (χ3n) is 2.86. The van der Waals surface area contributed by atoms with Gasteiger partial charge in [-0.1, -0.05) is 6.07 Å². The Kier molecular flexibility index (Phi) is 3.66. The molecule has 18 heavy (non-hydrogen) atoms. The molecule has 0 spiro atoms. The molecule has 0 bridgehead atoms. The molecule has 0 atom stereocenters. The van der Waals surface area contributed by atoms with Gasteiger partial charge in [0.2, 0.25) is 5.91 Å². The van der Waals surface area contributed by atoms with E-state index < -0.39 is 24.2 Å². The minimum absolute atomic E-state index is 0.0553. The number of hydrogen-bond donors (Lipinski definition) is 0. The first-order valence-electron chi connectivity index (χ1n) is 5.47. The van der Waals surface area contributed by atoms with Gasteiger partial charge in [0.1, 0.15) is 5.82 Å². The van der Waals surface area contributed by atoms with Gasteiger partial charge in [-0.15, -0.1) is 0 Å². The van der Waals surface area contributed by atoms with Gasteiger partial charge in [0, 0.05) is 13.0 Å². The maximum absolute atomic E-state index is 13.2. The number of benzene rings is 1. The molecule has 1 aromatic carbocycles. The first-order valence-corrected chi connectivity index (χ1v) is 6.26. The summed E-state index contributed by atoms with van der Waals surface area (Å²) in [7, 11) is 0. The van der Waals surface area contributed by atoms with Crippen LogP contribution >= 0.6 is 15.9 Å². The Bertz CT molecular complexity index is 478. The van der Waals surface area contributed by atoms with Crippen LogP contribution in [0.5, 0.6) is 0 Å². The highest BCUT2D eigenvalue weighted by Gasteiger charge is 2.40. The van der Waals surface area contributed by atoms with E-state index in [4.69, 9.17) is 0 Å². The third-order valence-corrected chi connectivity index (χ3v) is 3.50. The lowest BCUT2D eigenvalue weighted by Gasteiger charge is -2.16. The van der Waals surface area contributed by atoms with E-state index in [0.29, 0.717) is 10.0 Å². The molecule has 1 aromatic rings. The minimum atomic E-state index is -2.79. The van der Waals surface area contributed by atoms with Crippen LogP contribution in [0.2, 0.25) is 0 Å². The average Bonchev–Trinajstić information content (AvgIpc) is 2.64. The van der Waals surface area contributed by atoms with Crippen molar-refractivity contribution in [2.24, 2.45) is 0 Å². The van der Waals surface area contributed by atoms with E-state index in [2.05, 4.69) is 15.9 Å². The summed E-state index contributed by atoms with van der Waals surface area (Å²) in [5.41, 5.74) is 0.482. The summed E-state index contributed by atoms with van der Waals surface area (Å²) >= 11 is 3.01. The van der Waals surface area contributed by atoms with E-state index in [1.54, 1.807) is 6.07 Å². The maximum Gasteiger partial charge on any atom is 0.267 e. The van der Waals surface area contributed by atoms with Gasteiger partial charge in [-0.05, 0) is 33.6 Å². The highest BCUT2D eigenvalue weighted by atomic mass is 79.9. The fourth-order valence-electron chi connectivity index (χ4n) is 1.88.